The maximum absolute atomic E-state index is 11.1. The Kier molecular flexibility index (Phi) is 4.55. The second-order valence-electron chi connectivity index (χ2n) is 3.91. The summed E-state index contributed by atoms with van der Waals surface area (Å²) in [4.78, 5) is 16.4. The minimum atomic E-state index is -0.995. The summed E-state index contributed by atoms with van der Waals surface area (Å²) in [5, 5.41) is 9.11. The van der Waals surface area contributed by atoms with Crippen molar-refractivity contribution in [2.24, 2.45) is 0 Å². The van der Waals surface area contributed by atoms with Crippen LogP contribution in [0, 0.1) is 6.92 Å². The first-order chi connectivity index (χ1) is 9.08. The molecule has 0 saturated carbocycles. The van der Waals surface area contributed by atoms with Gasteiger partial charge in [0.1, 0.15) is 11.3 Å². The van der Waals surface area contributed by atoms with Crippen LogP contribution < -0.4 is 4.74 Å². The van der Waals surface area contributed by atoms with Crippen LogP contribution in [-0.4, -0.2) is 22.7 Å². The van der Waals surface area contributed by atoms with E-state index in [1.54, 1.807) is 29.0 Å². The molecule has 6 heteroatoms. The number of aromatic carboxylic acids is 1. The Hall–Kier alpha value is -1.40. The predicted molar refractivity (Wildman–Crippen MR) is 77.2 cm³/mol. The third-order valence-corrected chi connectivity index (χ3v) is 4.09. The molecule has 0 unspecified atom stereocenters. The third kappa shape index (κ3) is 3.54. The molecule has 0 atom stereocenters. The number of carboxylic acid groups (broad SMARTS) is 1. The van der Waals surface area contributed by atoms with Crippen LogP contribution in [0.2, 0.25) is 0 Å². The zero-order chi connectivity index (χ0) is 13.8. The average Bonchev–Trinajstić information content (AvgIpc) is 2.77. The Labute approximate surface area is 123 Å². The molecule has 0 aliphatic carbocycles. The van der Waals surface area contributed by atoms with Crippen LogP contribution in [0.4, 0.5) is 0 Å². The maximum Gasteiger partial charge on any atom is 0.339 e. The number of ether oxygens (including phenoxy) is 1. The van der Waals surface area contributed by atoms with Gasteiger partial charge in [-0.3, -0.25) is 0 Å². The molecule has 0 aliphatic heterocycles. The first-order valence-corrected chi connectivity index (χ1v) is 7.30. The van der Waals surface area contributed by atoms with E-state index in [-0.39, 0.29) is 5.56 Å². The molecule has 1 N–H and O–H groups in total. The fourth-order valence-corrected chi connectivity index (χ4v) is 2.74. The van der Waals surface area contributed by atoms with Crippen molar-refractivity contribution in [3.05, 3.63) is 44.3 Å². The molecule has 0 spiro atoms. The summed E-state index contributed by atoms with van der Waals surface area (Å²) in [7, 11) is 0. The van der Waals surface area contributed by atoms with Gasteiger partial charge in [0.15, 0.2) is 0 Å². The number of nitrogens with zero attached hydrogens (tertiary/aromatic N) is 1. The fourth-order valence-electron chi connectivity index (χ4n) is 1.62. The van der Waals surface area contributed by atoms with Crippen LogP contribution in [-0.2, 0) is 6.42 Å². The van der Waals surface area contributed by atoms with E-state index in [4.69, 9.17) is 9.84 Å². The molecule has 2 rings (SSSR count). The summed E-state index contributed by atoms with van der Waals surface area (Å²) < 4.78 is 6.28. The van der Waals surface area contributed by atoms with Crippen LogP contribution in [0.15, 0.2) is 28.2 Å². The molecule has 0 amide bonds. The predicted octanol–water partition coefficient (Wildman–Crippen LogP) is 3.53. The van der Waals surface area contributed by atoms with Crippen LogP contribution in [0.1, 0.15) is 20.9 Å². The topological polar surface area (TPSA) is 59.4 Å². The van der Waals surface area contributed by atoms with Gasteiger partial charge >= 0.3 is 5.97 Å². The van der Waals surface area contributed by atoms with Crippen molar-refractivity contribution >= 4 is 33.2 Å². The lowest BCUT2D eigenvalue weighted by Crippen LogP contribution is -2.06. The van der Waals surface area contributed by atoms with Crippen molar-refractivity contribution in [3.63, 3.8) is 0 Å². The molecule has 1 aromatic carbocycles. The van der Waals surface area contributed by atoms with Crippen molar-refractivity contribution in [2.75, 3.05) is 6.61 Å². The van der Waals surface area contributed by atoms with E-state index in [9.17, 15) is 4.79 Å². The highest BCUT2D eigenvalue weighted by Gasteiger charge is 2.12. The van der Waals surface area contributed by atoms with E-state index in [1.165, 1.54) is 6.07 Å². The number of thiazole rings is 1. The van der Waals surface area contributed by atoms with E-state index in [2.05, 4.69) is 20.9 Å². The van der Waals surface area contributed by atoms with Crippen molar-refractivity contribution in [3.8, 4) is 5.75 Å². The van der Waals surface area contributed by atoms with Gasteiger partial charge < -0.3 is 9.84 Å². The minimum Gasteiger partial charge on any atom is -0.492 e. The molecular weight excluding hydrogens is 330 g/mol. The normalized spacial score (nSPS) is 10.4. The van der Waals surface area contributed by atoms with Gasteiger partial charge in [0, 0.05) is 15.8 Å². The van der Waals surface area contributed by atoms with Crippen molar-refractivity contribution in [1.82, 2.24) is 4.98 Å². The SMILES string of the molecule is Cc1ncsc1CCOc1ccc(Br)cc1C(=O)O. The number of hydrogen-bond donors (Lipinski definition) is 1. The summed E-state index contributed by atoms with van der Waals surface area (Å²) in [5.41, 5.74) is 2.96. The number of halogens is 1. The Morgan fingerprint density at radius 2 is 2.32 bits per heavy atom. The highest BCUT2D eigenvalue weighted by molar-refractivity contribution is 9.10. The highest BCUT2D eigenvalue weighted by Crippen LogP contribution is 2.23. The molecule has 100 valence electrons. The minimum absolute atomic E-state index is 0.162. The highest BCUT2D eigenvalue weighted by atomic mass is 79.9. The lowest BCUT2D eigenvalue weighted by Gasteiger charge is -2.09. The van der Waals surface area contributed by atoms with Gasteiger partial charge in [0.2, 0.25) is 0 Å². The summed E-state index contributed by atoms with van der Waals surface area (Å²) in [5.74, 6) is -0.608. The number of aromatic nitrogens is 1. The Morgan fingerprint density at radius 1 is 1.53 bits per heavy atom. The molecule has 19 heavy (non-hydrogen) atoms. The molecular formula is C13H12BrNO3S. The van der Waals surface area contributed by atoms with Crippen molar-refractivity contribution in [1.29, 1.82) is 0 Å². The quantitative estimate of drug-likeness (QED) is 0.903. The van der Waals surface area contributed by atoms with Crippen LogP contribution in [0.25, 0.3) is 0 Å². The molecule has 0 bridgehead atoms. The number of benzene rings is 1. The van der Waals surface area contributed by atoms with E-state index in [0.717, 1.165) is 21.5 Å². The summed E-state index contributed by atoms with van der Waals surface area (Å²) >= 11 is 4.83. The zero-order valence-corrected chi connectivity index (χ0v) is 12.6. The molecule has 1 aromatic heterocycles. The Bertz CT molecular complexity index is 597. The van der Waals surface area contributed by atoms with Crippen molar-refractivity contribution in [2.45, 2.75) is 13.3 Å². The number of aryl methyl sites for hydroxylation is 1. The van der Waals surface area contributed by atoms with E-state index in [0.29, 0.717) is 12.4 Å². The summed E-state index contributed by atoms with van der Waals surface area (Å²) in [6.45, 7) is 2.39. The van der Waals surface area contributed by atoms with Gasteiger partial charge in [-0.15, -0.1) is 11.3 Å². The smallest absolute Gasteiger partial charge is 0.339 e. The number of carbonyl (C=O) groups is 1. The number of hydrogen-bond acceptors (Lipinski definition) is 4. The van der Waals surface area contributed by atoms with Crippen molar-refractivity contribution < 1.29 is 14.6 Å². The Morgan fingerprint density at radius 3 is 2.95 bits per heavy atom. The van der Waals surface area contributed by atoms with E-state index in [1.807, 2.05) is 6.92 Å². The molecule has 0 aliphatic rings. The first kappa shape index (κ1) is 14.0. The lowest BCUT2D eigenvalue weighted by atomic mass is 10.2. The second-order valence-corrected chi connectivity index (χ2v) is 5.76. The van der Waals surface area contributed by atoms with E-state index >= 15 is 0 Å². The van der Waals surface area contributed by atoms with Gasteiger partial charge in [0.25, 0.3) is 0 Å². The molecule has 1 heterocycles. The van der Waals surface area contributed by atoms with Gasteiger partial charge in [0.05, 0.1) is 17.8 Å². The summed E-state index contributed by atoms with van der Waals surface area (Å²) in [6.07, 6.45) is 0.728. The maximum atomic E-state index is 11.1. The first-order valence-electron chi connectivity index (χ1n) is 5.62. The van der Waals surface area contributed by atoms with Crippen LogP contribution in [0.3, 0.4) is 0 Å². The van der Waals surface area contributed by atoms with Crippen LogP contribution >= 0.6 is 27.3 Å². The fraction of sp³-hybridized carbons (Fsp3) is 0.231. The zero-order valence-electron chi connectivity index (χ0n) is 10.2. The number of rotatable bonds is 5. The lowest BCUT2D eigenvalue weighted by molar-refractivity contribution is 0.0692. The van der Waals surface area contributed by atoms with Gasteiger partial charge in [-0.1, -0.05) is 15.9 Å². The Balaban J connectivity index is 2.03. The number of carboxylic acids is 1. The second kappa shape index (κ2) is 6.16. The standard InChI is InChI=1S/C13H12BrNO3S/c1-8-12(19-7-15-8)4-5-18-11-3-2-9(14)6-10(11)13(16)17/h2-3,6-7H,4-5H2,1H3,(H,16,17). The monoisotopic (exact) mass is 341 g/mol. The molecule has 0 radical (unpaired) electrons. The molecule has 2 aromatic rings. The third-order valence-electron chi connectivity index (χ3n) is 2.60. The summed E-state index contributed by atoms with van der Waals surface area (Å²) in [6, 6.07) is 4.96. The van der Waals surface area contributed by atoms with Gasteiger partial charge in [-0.25, -0.2) is 9.78 Å². The van der Waals surface area contributed by atoms with Gasteiger partial charge in [-0.2, -0.15) is 0 Å². The largest absolute Gasteiger partial charge is 0.492 e. The molecule has 0 saturated heterocycles. The van der Waals surface area contributed by atoms with Gasteiger partial charge in [-0.05, 0) is 25.1 Å². The van der Waals surface area contributed by atoms with E-state index < -0.39 is 5.97 Å². The molecule has 0 fully saturated rings. The average molecular weight is 342 g/mol. The molecule has 4 nitrogen and oxygen atoms in total. The van der Waals surface area contributed by atoms with Crippen LogP contribution in [0.5, 0.6) is 5.75 Å².